The summed E-state index contributed by atoms with van der Waals surface area (Å²) in [4.78, 5) is 22.3. The van der Waals surface area contributed by atoms with E-state index in [9.17, 15) is 0 Å². The predicted octanol–water partition coefficient (Wildman–Crippen LogP) is 24.5. The molecule has 0 N–H and O–H groups in total. The Hall–Kier alpha value is -13.4. The summed E-state index contributed by atoms with van der Waals surface area (Å²) < 4.78 is 72.0. The van der Waals surface area contributed by atoms with Gasteiger partial charge in [-0.3, -0.25) is 15.0 Å². The Labute approximate surface area is 706 Å². The van der Waals surface area contributed by atoms with Gasteiger partial charge in [0.2, 0.25) is 39.9 Å². The van der Waals surface area contributed by atoms with E-state index >= 15 is 0 Å². The molecule has 0 saturated heterocycles. The molecule has 0 fully saturated rings. The van der Waals surface area contributed by atoms with Crippen LogP contribution in [0.3, 0.4) is 0 Å². The summed E-state index contributed by atoms with van der Waals surface area (Å²) in [6.45, 7) is 27.3. The number of para-hydroxylation sites is 2. The third kappa shape index (κ3) is 15.2. The van der Waals surface area contributed by atoms with Crippen LogP contribution in [0.5, 0.6) is 0 Å². The standard InChI is InChI=1S/5C21H21N2O/c1-13(2)15-6-7-17(23(4)12-15)20-14(3)5-8-19-21(20)16-11-22-10-9-18(16)24-19;1-13(2)15-8-9-16(23(4)12-15)19-14(3)7-10-17-20(19)21-18(24-17)6-5-11-22-21;1-13(2)15-8-9-17(23(4)12-15)19-14(3)7-10-18-20(19)16-6-5-11-22-21(16)24-18;1-13(2)15-9-10-17(23(4)12-15)20-14(3)22-11-19-21(20)16-7-5-6-8-18(16)24-19;1-13(2)15-9-10-17(23(4)12-15)19-14(3)11-22-21-20(19)16-7-5-6-8-18(16)24-21/h5*5-13H,1-4H3/q5*+1/i;;1D3,13D;;. The topological polar surface area (TPSA) is 150 Å². The first kappa shape index (κ1) is 75.4. The van der Waals surface area contributed by atoms with Crippen molar-refractivity contribution in [2.24, 2.45) is 35.2 Å². The maximum absolute atomic E-state index is 8.35. The van der Waals surface area contributed by atoms with E-state index in [1.165, 1.54) is 74.1 Å². The van der Waals surface area contributed by atoms with E-state index < -0.39 is 12.7 Å². The number of rotatable bonds is 10. The molecule has 15 nitrogen and oxygen atoms in total. The second kappa shape index (κ2) is 33.2. The maximum Gasteiger partial charge on any atom is 0.228 e. The molecule has 15 heterocycles. The Morgan fingerprint density at radius 3 is 1.22 bits per heavy atom. The molecule has 20 aromatic rings. The number of fused-ring (bicyclic) bond motifs is 15. The Morgan fingerprint density at radius 2 is 0.683 bits per heavy atom. The highest BCUT2D eigenvalue weighted by atomic mass is 16.4. The van der Waals surface area contributed by atoms with E-state index in [1.807, 2.05) is 128 Å². The number of hydrogen-bond acceptors (Lipinski definition) is 10. The van der Waals surface area contributed by atoms with Crippen LogP contribution in [0.2, 0.25) is 0 Å². The zero-order valence-electron chi connectivity index (χ0n) is 75.9. The summed E-state index contributed by atoms with van der Waals surface area (Å²) in [5.41, 5.74) is 32.0. The van der Waals surface area contributed by atoms with Crippen LogP contribution in [-0.2, 0) is 35.2 Å². The largest absolute Gasteiger partial charge is 0.456 e. The van der Waals surface area contributed by atoms with Gasteiger partial charge in [-0.15, -0.1) is 0 Å². The zero-order chi connectivity index (χ0) is 87.6. The fourth-order valence-electron chi connectivity index (χ4n) is 16.7. The van der Waals surface area contributed by atoms with Gasteiger partial charge in [0.1, 0.15) is 74.3 Å². The lowest BCUT2D eigenvalue weighted by molar-refractivity contribution is -0.661. The van der Waals surface area contributed by atoms with Crippen LogP contribution in [0.15, 0.2) is 266 Å². The molecule has 0 aliphatic rings. The third-order valence-electron chi connectivity index (χ3n) is 23.2. The molecule has 20 rings (SSSR count). The van der Waals surface area contributed by atoms with E-state index in [2.05, 4.69) is 264 Å². The van der Waals surface area contributed by atoms with Gasteiger partial charge in [0.05, 0.1) is 50.5 Å². The zero-order valence-corrected chi connectivity index (χ0v) is 71.9. The molecule has 0 bridgehead atoms. The number of benzene rings is 5. The summed E-state index contributed by atoms with van der Waals surface area (Å²) in [5, 5.41) is 9.73. The fourth-order valence-corrected chi connectivity index (χ4v) is 16.7. The van der Waals surface area contributed by atoms with Crippen molar-refractivity contribution in [3.63, 3.8) is 0 Å². The molecule has 0 spiro atoms. The van der Waals surface area contributed by atoms with Crippen molar-refractivity contribution in [2.45, 2.75) is 133 Å². The Kier molecular flexibility index (Phi) is 20.8. The van der Waals surface area contributed by atoms with Crippen LogP contribution in [0.25, 0.3) is 166 Å². The summed E-state index contributed by atoms with van der Waals surface area (Å²) >= 11 is 0. The highest BCUT2D eigenvalue weighted by Crippen LogP contribution is 2.43. The number of pyridine rings is 10. The van der Waals surface area contributed by atoms with Crippen LogP contribution < -0.4 is 22.8 Å². The Bertz CT molecular complexity index is 6820. The minimum atomic E-state index is -2.41. The smallest absolute Gasteiger partial charge is 0.228 e. The molecule has 0 amide bonds. The van der Waals surface area contributed by atoms with Crippen molar-refractivity contribution in [3.05, 3.63) is 300 Å². The lowest BCUT2D eigenvalue weighted by atomic mass is 9.97. The first-order valence-corrected chi connectivity index (χ1v) is 41.2. The summed E-state index contributed by atoms with van der Waals surface area (Å²) in [5.74, 6) is 0.365. The van der Waals surface area contributed by atoms with Crippen molar-refractivity contribution >= 4 is 110 Å². The van der Waals surface area contributed by atoms with Crippen LogP contribution in [0.4, 0.5) is 0 Å². The summed E-state index contributed by atoms with van der Waals surface area (Å²) in [6, 6.07) is 59.6. The van der Waals surface area contributed by atoms with Gasteiger partial charge >= 0.3 is 0 Å². The molecule has 5 aromatic carbocycles. The fraction of sp³-hybridized carbons (Fsp3) is 0.238. The number of hydrogen-bond donors (Lipinski definition) is 0. The van der Waals surface area contributed by atoms with E-state index in [0.717, 1.165) is 138 Å². The van der Waals surface area contributed by atoms with E-state index in [1.54, 1.807) is 24.7 Å². The molecular weight excluding hydrogens is 1480 g/mol. The predicted molar refractivity (Wildman–Crippen MR) is 485 cm³/mol. The van der Waals surface area contributed by atoms with Crippen molar-refractivity contribution in [1.82, 2.24) is 24.9 Å². The van der Waals surface area contributed by atoms with Crippen LogP contribution in [0, 0.1) is 34.6 Å². The van der Waals surface area contributed by atoms with Gasteiger partial charge in [0, 0.05) is 132 Å². The van der Waals surface area contributed by atoms with Crippen molar-refractivity contribution in [2.75, 3.05) is 0 Å². The highest BCUT2D eigenvalue weighted by molar-refractivity contribution is 6.15. The quantitative estimate of drug-likeness (QED) is 0.121. The molecular formula is C105H105N10O5+5. The first-order chi connectivity index (χ1) is 59.3. The average Bonchev–Trinajstić information content (AvgIpc) is 1.57. The third-order valence-corrected chi connectivity index (χ3v) is 23.2. The van der Waals surface area contributed by atoms with Gasteiger partial charge in [-0.05, 0) is 177 Å². The number of aryl methyl sites for hydroxylation is 10. The summed E-state index contributed by atoms with van der Waals surface area (Å²) in [7, 11) is 10.3. The molecule has 120 heavy (non-hydrogen) atoms. The minimum Gasteiger partial charge on any atom is -0.456 e. The normalized spacial score (nSPS) is 12.8. The molecule has 0 aliphatic carbocycles. The van der Waals surface area contributed by atoms with E-state index in [4.69, 9.17) is 27.6 Å². The van der Waals surface area contributed by atoms with Gasteiger partial charge in [-0.25, -0.2) is 32.8 Å². The molecule has 15 heteroatoms. The second-order valence-electron chi connectivity index (χ2n) is 32.9. The molecule has 0 saturated carbocycles. The number of furan rings is 5. The van der Waals surface area contributed by atoms with Crippen LogP contribution >= 0.6 is 0 Å². The van der Waals surface area contributed by atoms with Gasteiger partial charge in [0.15, 0.2) is 42.2 Å². The highest BCUT2D eigenvalue weighted by Gasteiger charge is 2.29. The van der Waals surface area contributed by atoms with E-state index in [-0.39, 0.29) is 0 Å². The molecule has 0 radical (unpaired) electrons. The lowest BCUT2D eigenvalue weighted by Crippen LogP contribution is -2.31. The summed E-state index contributed by atoms with van der Waals surface area (Å²) in [6.07, 6.45) is 21.5. The molecule has 1 unspecified atom stereocenters. The first-order valence-electron chi connectivity index (χ1n) is 43.2. The van der Waals surface area contributed by atoms with Gasteiger partial charge in [-0.1, -0.05) is 124 Å². The van der Waals surface area contributed by atoms with Gasteiger partial charge in [0.25, 0.3) is 0 Å². The number of aromatic nitrogens is 10. The number of nitrogens with zero attached hydrogens (tertiary/aromatic N) is 10. The minimum absolute atomic E-state index is 0.447. The second-order valence-corrected chi connectivity index (χ2v) is 32.9. The maximum atomic E-state index is 8.35. The van der Waals surface area contributed by atoms with Gasteiger partial charge < -0.3 is 22.1 Å². The van der Waals surface area contributed by atoms with Crippen molar-refractivity contribution < 1.29 is 50.4 Å². The SMILES string of the molecule is Cc1ccc2oc3cccnc3c2c1-c1ccc(C(C)C)c[n+]1C.Cc1ccc2oc3ccncc3c2c1-c1ccc(C(C)C)c[n+]1C.Cc1cnc2oc3ccccc3c2c1-c1ccc(C(C)C)c[n+]1C.Cc1ncc2oc3ccccc3c2c1-c1ccc(C(C)C)c[n+]1C.[2H]C([2H])([2H])C([2H])(C)c1ccc(-c2c(C)ccc3oc4ncccc4c23)[n+](C)c1. The van der Waals surface area contributed by atoms with Crippen molar-refractivity contribution in [3.8, 4) is 56.3 Å². The Balaban J connectivity index is 0.000000115. The van der Waals surface area contributed by atoms with Crippen LogP contribution in [0.1, 0.15) is 160 Å². The Morgan fingerprint density at radius 1 is 0.292 bits per heavy atom. The molecule has 15 aromatic heterocycles. The molecule has 600 valence electrons. The van der Waals surface area contributed by atoms with Crippen molar-refractivity contribution in [1.29, 1.82) is 0 Å². The molecule has 1 atom stereocenters. The average molecular weight is 1590 g/mol. The van der Waals surface area contributed by atoms with Gasteiger partial charge in [-0.2, -0.15) is 0 Å². The van der Waals surface area contributed by atoms with E-state index in [0.29, 0.717) is 40.7 Å². The monoisotopic (exact) mass is 1590 g/mol. The van der Waals surface area contributed by atoms with Crippen LogP contribution in [-0.4, -0.2) is 24.9 Å². The lowest BCUT2D eigenvalue weighted by Gasteiger charge is -2.09. The molecule has 0 aliphatic heterocycles.